The number of nitrogens with zero attached hydrogens (tertiary/aromatic N) is 2. The Hall–Kier alpha value is -4.56. The van der Waals surface area contributed by atoms with Crippen molar-refractivity contribution >= 4 is 38.6 Å². The fourth-order valence-corrected chi connectivity index (χ4v) is 8.55. The van der Waals surface area contributed by atoms with Gasteiger partial charge in [0, 0.05) is 36.6 Å². The van der Waals surface area contributed by atoms with Crippen LogP contribution in [0.15, 0.2) is 121 Å². The van der Waals surface area contributed by atoms with E-state index in [1.807, 2.05) is 0 Å². The van der Waals surface area contributed by atoms with Gasteiger partial charge in [0.05, 0.1) is 5.54 Å². The third kappa shape index (κ3) is 3.80. The molecular weight excluding hydrogens is 532 g/mol. The van der Waals surface area contributed by atoms with Crippen LogP contribution in [0.5, 0.6) is 0 Å². The molecular formula is C42H40N2. The van der Waals surface area contributed by atoms with E-state index in [2.05, 4.69) is 159 Å². The minimum absolute atomic E-state index is 0.0210. The lowest BCUT2D eigenvalue weighted by Crippen LogP contribution is -2.54. The highest BCUT2D eigenvalue weighted by Gasteiger charge is 2.57. The lowest BCUT2D eigenvalue weighted by molar-refractivity contribution is 0.195. The monoisotopic (exact) mass is 572 g/mol. The fourth-order valence-electron chi connectivity index (χ4n) is 8.55. The van der Waals surface area contributed by atoms with Crippen LogP contribution in [0.4, 0.5) is 17.1 Å². The van der Waals surface area contributed by atoms with Gasteiger partial charge in [-0.2, -0.15) is 0 Å². The first-order chi connectivity index (χ1) is 21.4. The van der Waals surface area contributed by atoms with Gasteiger partial charge < -0.3 is 9.80 Å². The van der Waals surface area contributed by atoms with Gasteiger partial charge >= 0.3 is 0 Å². The summed E-state index contributed by atoms with van der Waals surface area (Å²) in [5.74, 6) is 0. The number of hydrogen-bond acceptors (Lipinski definition) is 2. The van der Waals surface area contributed by atoms with Crippen LogP contribution in [0.3, 0.4) is 0 Å². The summed E-state index contributed by atoms with van der Waals surface area (Å²) in [4.78, 5) is 4.86. The molecule has 2 nitrogen and oxygen atoms in total. The second-order valence-electron chi connectivity index (χ2n) is 13.5. The van der Waals surface area contributed by atoms with E-state index >= 15 is 0 Å². The highest BCUT2D eigenvalue weighted by atomic mass is 15.3. The van der Waals surface area contributed by atoms with Crippen molar-refractivity contribution in [2.75, 3.05) is 23.9 Å². The van der Waals surface area contributed by atoms with Crippen LogP contribution in [0, 0.1) is 0 Å². The Bertz CT molecular complexity index is 1970. The summed E-state index contributed by atoms with van der Waals surface area (Å²) in [6, 6.07) is 45.4. The fraction of sp³-hybridized carbons (Fsp3) is 0.238. The molecule has 2 atom stereocenters. The van der Waals surface area contributed by atoms with E-state index < -0.39 is 0 Å². The van der Waals surface area contributed by atoms with Crippen LogP contribution in [-0.4, -0.2) is 19.6 Å². The van der Waals surface area contributed by atoms with Gasteiger partial charge in [-0.3, -0.25) is 0 Å². The quantitative estimate of drug-likeness (QED) is 0.194. The van der Waals surface area contributed by atoms with Crippen LogP contribution in [0.2, 0.25) is 0 Å². The first kappa shape index (κ1) is 27.0. The van der Waals surface area contributed by atoms with Gasteiger partial charge in [0.15, 0.2) is 0 Å². The highest BCUT2D eigenvalue weighted by Crippen LogP contribution is 2.61. The molecule has 0 aromatic heterocycles. The Balaban J connectivity index is 1.38. The molecule has 0 radical (unpaired) electrons. The molecule has 2 unspecified atom stereocenters. The van der Waals surface area contributed by atoms with Crippen molar-refractivity contribution in [1.82, 2.24) is 0 Å². The third-order valence-electron chi connectivity index (χ3n) is 11.0. The Kier molecular flexibility index (Phi) is 6.14. The zero-order valence-electron chi connectivity index (χ0n) is 26.3. The Labute approximate surface area is 261 Å². The number of anilines is 3. The molecule has 1 heterocycles. The topological polar surface area (TPSA) is 6.48 Å². The van der Waals surface area contributed by atoms with E-state index in [0.717, 1.165) is 0 Å². The molecule has 0 bridgehead atoms. The van der Waals surface area contributed by atoms with Gasteiger partial charge in [0.25, 0.3) is 0 Å². The van der Waals surface area contributed by atoms with Gasteiger partial charge in [-0.15, -0.1) is 0 Å². The van der Waals surface area contributed by atoms with Crippen LogP contribution >= 0.6 is 0 Å². The van der Waals surface area contributed by atoms with Crippen molar-refractivity contribution in [1.29, 1.82) is 0 Å². The summed E-state index contributed by atoms with van der Waals surface area (Å²) in [6.07, 6.45) is 4.96. The lowest BCUT2D eigenvalue weighted by Gasteiger charge is -2.50. The maximum absolute atomic E-state index is 2.68. The van der Waals surface area contributed by atoms with Gasteiger partial charge in [0.1, 0.15) is 0 Å². The van der Waals surface area contributed by atoms with Gasteiger partial charge in [-0.1, -0.05) is 105 Å². The van der Waals surface area contributed by atoms with E-state index in [1.165, 1.54) is 92.1 Å². The van der Waals surface area contributed by atoms with Crippen molar-refractivity contribution in [2.45, 2.75) is 50.5 Å². The molecule has 1 saturated carbocycles. The summed E-state index contributed by atoms with van der Waals surface area (Å²) in [6.45, 7) is 5.06. The number of rotatable bonds is 4. The Morgan fingerprint density at radius 1 is 0.568 bits per heavy atom. The molecule has 2 aliphatic rings. The minimum Gasteiger partial charge on any atom is -0.378 e. The molecule has 1 aliphatic carbocycles. The second-order valence-corrected chi connectivity index (χ2v) is 13.5. The largest absolute Gasteiger partial charge is 0.378 e. The summed E-state index contributed by atoms with van der Waals surface area (Å²) < 4.78 is 0. The maximum atomic E-state index is 2.68. The first-order valence-corrected chi connectivity index (χ1v) is 16.1. The molecule has 8 rings (SSSR count). The highest BCUT2D eigenvalue weighted by molar-refractivity contribution is 6.21. The predicted molar refractivity (Wildman–Crippen MR) is 189 cm³/mol. The van der Waals surface area contributed by atoms with E-state index in [-0.39, 0.29) is 11.0 Å². The molecule has 0 amide bonds. The molecule has 2 heteroatoms. The molecule has 6 aromatic rings. The molecule has 1 fully saturated rings. The summed E-state index contributed by atoms with van der Waals surface area (Å²) >= 11 is 0. The molecule has 1 aliphatic heterocycles. The predicted octanol–water partition coefficient (Wildman–Crippen LogP) is 11.1. The summed E-state index contributed by atoms with van der Waals surface area (Å²) in [7, 11) is 4.22. The van der Waals surface area contributed by atoms with Crippen LogP contribution in [-0.2, 0) is 5.41 Å². The summed E-state index contributed by atoms with van der Waals surface area (Å²) in [5, 5.41) is 5.25. The Morgan fingerprint density at radius 3 is 1.70 bits per heavy atom. The Morgan fingerprint density at radius 2 is 1.11 bits per heavy atom. The maximum Gasteiger partial charge on any atom is 0.0517 e. The molecule has 44 heavy (non-hydrogen) atoms. The SMILES string of the molecule is CN(C)c1ccc(N2c3ccc(-c4c5ccccc5c(-c5ccccc5)c5ccccc45)cc3C3(C)CCCCC23C)cc1. The molecule has 0 saturated heterocycles. The average Bonchev–Trinajstić information content (AvgIpc) is 3.26. The van der Waals surface area contributed by atoms with Gasteiger partial charge in [-0.25, -0.2) is 0 Å². The first-order valence-electron chi connectivity index (χ1n) is 16.1. The zero-order valence-corrected chi connectivity index (χ0v) is 26.3. The van der Waals surface area contributed by atoms with Gasteiger partial charge in [-0.05, 0) is 106 Å². The van der Waals surface area contributed by atoms with Crippen molar-refractivity contribution in [3.8, 4) is 22.3 Å². The third-order valence-corrected chi connectivity index (χ3v) is 11.0. The van der Waals surface area contributed by atoms with Crippen molar-refractivity contribution < 1.29 is 0 Å². The van der Waals surface area contributed by atoms with Gasteiger partial charge in [0.2, 0.25) is 0 Å². The summed E-state index contributed by atoms with van der Waals surface area (Å²) in [5.41, 5.74) is 10.7. The average molecular weight is 573 g/mol. The van der Waals surface area contributed by atoms with Crippen molar-refractivity contribution in [3.63, 3.8) is 0 Å². The standard InChI is InChI=1S/C42H40N2/c1-41-26-12-13-27-42(41,2)44(32-23-21-31(22-24-32)43(3)4)38-25-20-30(28-37(38)41)40-35-18-10-8-16-33(35)39(29-14-6-5-7-15-29)34-17-9-11-19-36(34)40/h5-11,14-25,28H,12-13,26-27H2,1-4H3. The number of hydrogen-bond donors (Lipinski definition) is 0. The van der Waals surface area contributed by atoms with E-state index in [9.17, 15) is 0 Å². The molecule has 6 aromatic carbocycles. The van der Waals surface area contributed by atoms with E-state index in [0.29, 0.717) is 0 Å². The number of benzene rings is 6. The molecule has 218 valence electrons. The van der Waals surface area contributed by atoms with Crippen molar-refractivity contribution in [3.05, 3.63) is 127 Å². The lowest BCUT2D eigenvalue weighted by atomic mass is 9.61. The van der Waals surface area contributed by atoms with Crippen molar-refractivity contribution in [2.24, 2.45) is 0 Å². The zero-order chi connectivity index (χ0) is 30.1. The second kappa shape index (κ2) is 9.99. The van der Waals surface area contributed by atoms with Crippen LogP contribution in [0.1, 0.15) is 45.1 Å². The van der Waals surface area contributed by atoms with Crippen LogP contribution < -0.4 is 9.80 Å². The van der Waals surface area contributed by atoms with Crippen LogP contribution in [0.25, 0.3) is 43.8 Å². The van der Waals surface area contributed by atoms with E-state index in [1.54, 1.807) is 0 Å². The normalized spacial score (nSPS) is 21.0. The number of fused-ring (bicyclic) bond motifs is 5. The minimum atomic E-state index is 0.0210. The van der Waals surface area contributed by atoms with E-state index in [4.69, 9.17) is 0 Å². The molecule has 0 N–H and O–H groups in total. The smallest absolute Gasteiger partial charge is 0.0517 e. The molecule has 0 spiro atoms.